The van der Waals surface area contributed by atoms with Crippen LogP contribution in [0.1, 0.15) is 22.0 Å². The van der Waals surface area contributed by atoms with Gasteiger partial charge in [-0.15, -0.1) is 11.3 Å². The van der Waals surface area contributed by atoms with Gasteiger partial charge in [-0.2, -0.15) is 0 Å². The Balaban J connectivity index is 2.20. The van der Waals surface area contributed by atoms with Crippen molar-refractivity contribution in [3.8, 4) is 0 Å². The van der Waals surface area contributed by atoms with E-state index in [0.717, 1.165) is 6.42 Å². The van der Waals surface area contributed by atoms with Gasteiger partial charge >= 0.3 is 0 Å². The molecule has 1 unspecified atom stereocenters. The second kappa shape index (κ2) is 5.21. The van der Waals surface area contributed by atoms with E-state index < -0.39 is 0 Å². The van der Waals surface area contributed by atoms with Crippen molar-refractivity contribution >= 4 is 11.3 Å². The Labute approximate surface area is 99.3 Å². The van der Waals surface area contributed by atoms with Crippen molar-refractivity contribution in [3.63, 3.8) is 0 Å². The number of nitrogens with one attached hydrogen (secondary N) is 1. The monoisotopic (exact) mass is 233 g/mol. The number of rotatable bonds is 4. The summed E-state index contributed by atoms with van der Waals surface area (Å²) in [5.41, 5.74) is 5.25. The molecule has 0 saturated carbocycles. The van der Waals surface area contributed by atoms with Gasteiger partial charge in [-0.1, -0.05) is 6.07 Å². The summed E-state index contributed by atoms with van der Waals surface area (Å²) in [6.07, 6.45) is 4.59. The minimum Gasteiger partial charge on any atom is -0.271 e. The van der Waals surface area contributed by atoms with Crippen molar-refractivity contribution in [2.75, 3.05) is 0 Å². The van der Waals surface area contributed by atoms with E-state index >= 15 is 0 Å². The van der Waals surface area contributed by atoms with Crippen LogP contribution in [0.3, 0.4) is 0 Å². The molecule has 4 heteroatoms. The van der Waals surface area contributed by atoms with Crippen molar-refractivity contribution in [1.29, 1.82) is 0 Å². The van der Waals surface area contributed by atoms with Crippen molar-refractivity contribution in [2.24, 2.45) is 5.84 Å². The van der Waals surface area contributed by atoms with E-state index in [0.29, 0.717) is 0 Å². The zero-order valence-corrected chi connectivity index (χ0v) is 10.00. The molecule has 0 spiro atoms. The molecule has 3 N–H and O–H groups in total. The van der Waals surface area contributed by atoms with Crippen LogP contribution >= 0.6 is 11.3 Å². The van der Waals surface area contributed by atoms with Crippen molar-refractivity contribution in [2.45, 2.75) is 19.4 Å². The number of thiophene rings is 1. The lowest BCUT2D eigenvalue weighted by Crippen LogP contribution is -2.30. The van der Waals surface area contributed by atoms with E-state index in [1.165, 1.54) is 16.0 Å². The number of nitrogens with two attached hydrogens (primary N) is 1. The standard InChI is InChI=1S/C12H15N3S/c1-9-4-5-14-8-11(9)12(15-13)7-10-3-2-6-16-10/h2-6,8,12,15H,7,13H2,1H3. The maximum Gasteiger partial charge on any atom is 0.0526 e. The molecule has 0 amide bonds. The molecule has 0 aliphatic carbocycles. The van der Waals surface area contributed by atoms with Gasteiger partial charge in [-0.3, -0.25) is 16.3 Å². The van der Waals surface area contributed by atoms with E-state index in [9.17, 15) is 0 Å². The lowest BCUT2D eigenvalue weighted by Gasteiger charge is -2.17. The third kappa shape index (κ3) is 2.47. The van der Waals surface area contributed by atoms with Crippen LogP contribution in [-0.4, -0.2) is 4.98 Å². The van der Waals surface area contributed by atoms with Crippen LogP contribution in [0.25, 0.3) is 0 Å². The number of aromatic nitrogens is 1. The first-order valence-electron chi connectivity index (χ1n) is 5.20. The molecule has 84 valence electrons. The van der Waals surface area contributed by atoms with Crippen LogP contribution in [0.2, 0.25) is 0 Å². The quantitative estimate of drug-likeness (QED) is 0.629. The summed E-state index contributed by atoms with van der Waals surface area (Å²) in [5.74, 6) is 5.62. The number of pyridine rings is 1. The molecule has 0 bridgehead atoms. The summed E-state index contributed by atoms with van der Waals surface area (Å²) in [6, 6.07) is 6.32. The van der Waals surface area contributed by atoms with Crippen molar-refractivity contribution < 1.29 is 0 Å². The van der Waals surface area contributed by atoms with E-state index in [4.69, 9.17) is 5.84 Å². The molecule has 0 fully saturated rings. The first-order chi connectivity index (χ1) is 7.81. The molecule has 0 aliphatic heterocycles. The van der Waals surface area contributed by atoms with Gasteiger partial charge < -0.3 is 0 Å². The Morgan fingerprint density at radius 3 is 3.00 bits per heavy atom. The molecular weight excluding hydrogens is 218 g/mol. The fourth-order valence-electron chi connectivity index (χ4n) is 1.73. The number of nitrogens with zero attached hydrogens (tertiary/aromatic N) is 1. The van der Waals surface area contributed by atoms with Gasteiger partial charge in [0.1, 0.15) is 0 Å². The first-order valence-corrected chi connectivity index (χ1v) is 6.08. The minimum atomic E-state index is 0.132. The van der Waals surface area contributed by atoms with Crippen molar-refractivity contribution in [3.05, 3.63) is 52.0 Å². The minimum absolute atomic E-state index is 0.132. The SMILES string of the molecule is Cc1ccncc1C(Cc1cccs1)NN. The van der Waals surface area contributed by atoms with Crippen LogP contribution in [0.5, 0.6) is 0 Å². The summed E-state index contributed by atoms with van der Waals surface area (Å²) in [6.45, 7) is 2.08. The van der Waals surface area contributed by atoms with E-state index in [1.54, 1.807) is 17.5 Å². The highest BCUT2D eigenvalue weighted by atomic mass is 32.1. The maximum atomic E-state index is 5.62. The van der Waals surface area contributed by atoms with Crippen LogP contribution in [0.4, 0.5) is 0 Å². The summed E-state index contributed by atoms with van der Waals surface area (Å²) in [7, 11) is 0. The summed E-state index contributed by atoms with van der Waals surface area (Å²) in [4.78, 5) is 5.48. The normalized spacial score (nSPS) is 12.6. The van der Waals surface area contributed by atoms with E-state index in [2.05, 4.69) is 34.8 Å². The molecule has 0 radical (unpaired) electrons. The van der Waals surface area contributed by atoms with Crippen LogP contribution < -0.4 is 11.3 Å². The summed E-state index contributed by atoms with van der Waals surface area (Å²) in [5, 5.41) is 2.08. The zero-order valence-electron chi connectivity index (χ0n) is 9.18. The molecule has 16 heavy (non-hydrogen) atoms. The average Bonchev–Trinajstić information content (AvgIpc) is 2.80. The lowest BCUT2D eigenvalue weighted by molar-refractivity contribution is 0.551. The maximum absolute atomic E-state index is 5.62. The van der Waals surface area contributed by atoms with Crippen molar-refractivity contribution in [1.82, 2.24) is 10.4 Å². The predicted molar refractivity (Wildman–Crippen MR) is 67.1 cm³/mol. The Bertz CT molecular complexity index is 439. The number of hydrogen-bond acceptors (Lipinski definition) is 4. The molecule has 3 nitrogen and oxygen atoms in total. The number of hydrogen-bond donors (Lipinski definition) is 2. The van der Waals surface area contributed by atoms with Gasteiger partial charge in [-0.05, 0) is 35.6 Å². The molecule has 0 aromatic carbocycles. The van der Waals surface area contributed by atoms with Gasteiger partial charge in [0.05, 0.1) is 6.04 Å². The molecule has 1 atom stereocenters. The summed E-state index contributed by atoms with van der Waals surface area (Å²) >= 11 is 1.75. The fraction of sp³-hybridized carbons (Fsp3) is 0.250. The highest BCUT2D eigenvalue weighted by molar-refractivity contribution is 7.09. The molecule has 0 aliphatic rings. The fourth-order valence-corrected chi connectivity index (χ4v) is 2.48. The van der Waals surface area contributed by atoms with Gasteiger partial charge in [0, 0.05) is 23.7 Å². The molecule has 2 aromatic heterocycles. The third-order valence-electron chi connectivity index (χ3n) is 2.64. The lowest BCUT2D eigenvalue weighted by atomic mass is 10.0. The zero-order chi connectivity index (χ0) is 11.4. The van der Waals surface area contributed by atoms with Gasteiger partial charge in [0.15, 0.2) is 0 Å². The van der Waals surface area contributed by atoms with Gasteiger partial charge in [0.2, 0.25) is 0 Å². The Kier molecular flexibility index (Phi) is 3.66. The number of aryl methyl sites for hydroxylation is 1. The topological polar surface area (TPSA) is 50.9 Å². The Morgan fingerprint density at radius 1 is 1.50 bits per heavy atom. The smallest absolute Gasteiger partial charge is 0.0526 e. The molecule has 2 aromatic rings. The van der Waals surface area contributed by atoms with E-state index in [-0.39, 0.29) is 6.04 Å². The molecule has 0 saturated heterocycles. The molecular formula is C12H15N3S. The molecule has 2 rings (SSSR count). The predicted octanol–water partition coefficient (Wildman–Crippen LogP) is 2.20. The second-order valence-electron chi connectivity index (χ2n) is 3.74. The third-order valence-corrected chi connectivity index (χ3v) is 3.54. The summed E-state index contributed by atoms with van der Waals surface area (Å²) < 4.78 is 0. The Hall–Kier alpha value is -1.23. The van der Waals surface area contributed by atoms with Crippen LogP contribution in [-0.2, 0) is 6.42 Å². The first kappa shape index (κ1) is 11.3. The highest BCUT2D eigenvalue weighted by Gasteiger charge is 2.13. The van der Waals surface area contributed by atoms with Gasteiger partial charge in [-0.25, -0.2) is 0 Å². The number of hydrazine groups is 1. The highest BCUT2D eigenvalue weighted by Crippen LogP contribution is 2.22. The second-order valence-corrected chi connectivity index (χ2v) is 4.77. The largest absolute Gasteiger partial charge is 0.271 e. The van der Waals surface area contributed by atoms with Gasteiger partial charge in [0.25, 0.3) is 0 Å². The van der Waals surface area contributed by atoms with Crippen LogP contribution in [0.15, 0.2) is 36.0 Å². The van der Waals surface area contributed by atoms with Crippen LogP contribution in [0, 0.1) is 6.92 Å². The Morgan fingerprint density at radius 2 is 2.38 bits per heavy atom. The molecule has 2 heterocycles. The average molecular weight is 233 g/mol. The van der Waals surface area contributed by atoms with E-state index in [1.807, 2.05) is 12.3 Å².